The molecule has 0 spiro atoms. The summed E-state index contributed by atoms with van der Waals surface area (Å²) < 4.78 is 5.50. The number of hydrogen-bond donors (Lipinski definition) is 0. The lowest BCUT2D eigenvalue weighted by atomic mass is 9.96. The second-order valence-electron chi connectivity index (χ2n) is 3.56. The number of rotatable bonds is 1. The Morgan fingerprint density at radius 1 is 1.40 bits per heavy atom. The molecule has 0 aliphatic carbocycles. The minimum Gasteiger partial charge on any atom is -0.393 e. The Balaban J connectivity index is 2.34. The van der Waals surface area contributed by atoms with E-state index in [1.54, 1.807) is 0 Å². The first-order valence-electron chi connectivity index (χ1n) is 4.58. The normalized spacial score (nSPS) is 20.5. The maximum absolute atomic E-state index is 11.3. The van der Waals surface area contributed by atoms with Crippen LogP contribution in [-0.4, -0.2) is 11.9 Å². The van der Waals surface area contributed by atoms with Crippen LogP contribution in [0.15, 0.2) is 22.7 Å². The molecule has 1 aliphatic heterocycles. The van der Waals surface area contributed by atoms with Crippen molar-refractivity contribution in [2.24, 2.45) is 0 Å². The number of hydrogen-bond acceptors (Lipinski definition) is 3. The van der Waals surface area contributed by atoms with E-state index in [1.807, 2.05) is 25.1 Å². The van der Waals surface area contributed by atoms with E-state index in [0.717, 1.165) is 15.6 Å². The molecule has 2 rings (SSSR count). The molecule has 1 fully saturated rings. The van der Waals surface area contributed by atoms with Crippen molar-refractivity contribution in [1.29, 1.82) is 0 Å². The summed E-state index contributed by atoms with van der Waals surface area (Å²) in [7, 11) is 0. The zero-order chi connectivity index (χ0) is 11.0. The predicted octanol–water partition coefficient (Wildman–Crippen LogP) is 2.31. The Bertz CT molecular complexity index is 439. The van der Waals surface area contributed by atoms with Crippen molar-refractivity contribution < 1.29 is 14.3 Å². The lowest BCUT2D eigenvalue weighted by Gasteiger charge is -2.06. The van der Waals surface area contributed by atoms with Gasteiger partial charge < -0.3 is 4.74 Å². The van der Waals surface area contributed by atoms with Gasteiger partial charge in [0, 0.05) is 4.47 Å². The minimum absolute atomic E-state index is 0.153. The summed E-state index contributed by atoms with van der Waals surface area (Å²) in [5.41, 5.74) is 1.88. The second-order valence-corrected chi connectivity index (χ2v) is 4.41. The number of ether oxygens (including phenoxy) is 1. The van der Waals surface area contributed by atoms with Gasteiger partial charge in [-0.05, 0) is 24.1 Å². The highest BCUT2D eigenvalue weighted by atomic mass is 79.9. The van der Waals surface area contributed by atoms with Crippen LogP contribution >= 0.6 is 15.9 Å². The van der Waals surface area contributed by atoms with Gasteiger partial charge in [-0.1, -0.05) is 28.1 Å². The van der Waals surface area contributed by atoms with Crippen molar-refractivity contribution in [3.8, 4) is 0 Å². The average molecular weight is 269 g/mol. The Morgan fingerprint density at radius 3 is 2.67 bits per heavy atom. The number of carbonyl (C=O) groups is 2. The minimum atomic E-state index is -0.443. The van der Waals surface area contributed by atoms with Gasteiger partial charge in [0.1, 0.15) is 0 Å². The van der Waals surface area contributed by atoms with E-state index in [2.05, 4.69) is 20.7 Å². The molecule has 3 nitrogen and oxygen atoms in total. The molecule has 0 aromatic heterocycles. The lowest BCUT2D eigenvalue weighted by molar-refractivity contribution is -0.152. The average Bonchev–Trinajstić information content (AvgIpc) is 2.50. The van der Waals surface area contributed by atoms with Crippen LogP contribution in [0.2, 0.25) is 0 Å². The number of aryl methyl sites for hydroxylation is 1. The van der Waals surface area contributed by atoms with Gasteiger partial charge in [-0.2, -0.15) is 0 Å². The number of benzene rings is 1. The van der Waals surface area contributed by atoms with E-state index in [0.29, 0.717) is 0 Å². The molecular weight excluding hydrogens is 260 g/mol. The highest BCUT2D eigenvalue weighted by molar-refractivity contribution is 9.10. The van der Waals surface area contributed by atoms with Crippen LogP contribution in [-0.2, 0) is 14.3 Å². The number of esters is 2. The fraction of sp³-hybridized carbons (Fsp3) is 0.273. The zero-order valence-corrected chi connectivity index (χ0v) is 9.71. The Morgan fingerprint density at radius 2 is 2.13 bits per heavy atom. The van der Waals surface area contributed by atoms with Crippen LogP contribution in [0.1, 0.15) is 23.5 Å². The van der Waals surface area contributed by atoms with Gasteiger partial charge >= 0.3 is 11.9 Å². The first-order valence-corrected chi connectivity index (χ1v) is 5.38. The van der Waals surface area contributed by atoms with E-state index in [1.165, 1.54) is 0 Å². The first-order chi connectivity index (χ1) is 7.08. The van der Waals surface area contributed by atoms with Crippen molar-refractivity contribution in [2.45, 2.75) is 19.3 Å². The standard InChI is InChI=1S/C11H9BrO3/c1-6-4-7(2-3-9(6)12)8-5-10(13)15-11(8)14/h2-4,8H,5H2,1H3. The maximum atomic E-state index is 11.3. The van der Waals surface area contributed by atoms with Gasteiger partial charge in [0.2, 0.25) is 0 Å². The van der Waals surface area contributed by atoms with Crippen LogP contribution < -0.4 is 0 Å². The molecule has 1 heterocycles. The molecular formula is C11H9BrO3. The van der Waals surface area contributed by atoms with E-state index in [9.17, 15) is 9.59 Å². The van der Waals surface area contributed by atoms with Gasteiger partial charge in [-0.25, -0.2) is 0 Å². The van der Waals surface area contributed by atoms with E-state index < -0.39 is 17.9 Å². The molecule has 1 aliphatic rings. The quantitative estimate of drug-likeness (QED) is 0.580. The smallest absolute Gasteiger partial charge is 0.321 e. The molecule has 1 atom stereocenters. The van der Waals surface area contributed by atoms with Crippen molar-refractivity contribution in [3.05, 3.63) is 33.8 Å². The number of cyclic esters (lactones) is 2. The summed E-state index contributed by atoms with van der Waals surface area (Å²) in [6.45, 7) is 1.94. The van der Waals surface area contributed by atoms with Crippen molar-refractivity contribution >= 4 is 27.9 Å². The van der Waals surface area contributed by atoms with Crippen LogP contribution in [0.5, 0.6) is 0 Å². The molecule has 0 bridgehead atoms. The summed E-state index contributed by atoms with van der Waals surface area (Å²) in [5.74, 6) is -1.31. The van der Waals surface area contributed by atoms with Gasteiger partial charge in [0.15, 0.2) is 0 Å². The number of halogens is 1. The summed E-state index contributed by atoms with van der Waals surface area (Å²) in [5, 5.41) is 0. The van der Waals surface area contributed by atoms with Crippen molar-refractivity contribution in [2.75, 3.05) is 0 Å². The van der Waals surface area contributed by atoms with Gasteiger partial charge in [-0.3, -0.25) is 9.59 Å². The van der Waals surface area contributed by atoms with Crippen LogP contribution in [0.3, 0.4) is 0 Å². The fourth-order valence-electron chi connectivity index (χ4n) is 1.61. The monoisotopic (exact) mass is 268 g/mol. The van der Waals surface area contributed by atoms with E-state index in [-0.39, 0.29) is 6.42 Å². The molecule has 78 valence electrons. The maximum Gasteiger partial charge on any atom is 0.321 e. The van der Waals surface area contributed by atoms with E-state index >= 15 is 0 Å². The third kappa shape index (κ3) is 1.95. The summed E-state index contributed by atoms with van der Waals surface area (Å²) >= 11 is 3.38. The third-order valence-corrected chi connectivity index (χ3v) is 3.34. The molecule has 1 unspecified atom stereocenters. The van der Waals surface area contributed by atoms with E-state index in [4.69, 9.17) is 0 Å². The van der Waals surface area contributed by atoms with Gasteiger partial charge in [0.25, 0.3) is 0 Å². The lowest BCUT2D eigenvalue weighted by Crippen LogP contribution is -2.05. The SMILES string of the molecule is Cc1cc(C2CC(=O)OC2=O)ccc1Br. The molecule has 0 radical (unpaired) electrons. The Hall–Kier alpha value is -1.16. The van der Waals surface area contributed by atoms with Crippen LogP contribution in [0.25, 0.3) is 0 Å². The van der Waals surface area contributed by atoms with Crippen LogP contribution in [0, 0.1) is 6.92 Å². The molecule has 15 heavy (non-hydrogen) atoms. The van der Waals surface area contributed by atoms with Crippen molar-refractivity contribution in [3.63, 3.8) is 0 Å². The van der Waals surface area contributed by atoms with Gasteiger partial charge in [0.05, 0.1) is 12.3 Å². The zero-order valence-electron chi connectivity index (χ0n) is 8.12. The molecule has 1 aromatic carbocycles. The molecule has 0 saturated carbocycles. The third-order valence-electron chi connectivity index (χ3n) is 2.45. The van der Waals surface area contributed by atoms with Crippen molar-refractivity contribution in [1.82, 2.24) is 0 Å². The van der Waals surface area contributed by atoms with Gasteiger partial charge in [-0.15, -0.1) is 0 Å². The fourth-order valence-corrected chi connectivity index (χ4v) is 1.86. The Labute approximate surface area is 95.6 Å². The summed E-state index contributed by atoms with van der Waals surface area (Å²) in [6.07, 6.45) is 0.153. The highest BCUT2D eigenvalue weighted by Crippen LogP contribution is 2.29. The van der Waals surface area contributed by atoms with Crippen LogP contribution in [0.4, 0.5) is 0 Å². The largest absolute Gasteiger partial charge is 0.393 e. The highest BCUT2D eigenvalue weighted by Gasteiger charge is 2.34. The molecule has 1 saturated heterocycles. The molecule has 4 heteroatoms. The predicted molar refractivity (Wildman–Crippen MR) is 57.3 cm³/mol. The molecule has 0 amide bonds. The topological polar surface area (TPSA) is 43.4 Å². The second kappa shape index (κ2) is 3.77. The Kier molecular flexibility index (Phi) is 2.61. The summed E-state index contributed by atoms with van der Waals surface area (Å²) in [4.78, 5) is 22.3. The first kappa shape index (κ1) is 10.4. The molecule has 1 aromatic rings. The number of carbonyl (C=O) groups excluding carboxylic acids is 2. The summed E-state index contributed by atoms with van der Waals surface area (Å²) in [6, 6.07) is 5.61. The molecule has 0 N–H and O–H groups in total.